The van der Waals surface area contributed by atoms with E-state index in [0.717, 1.165) is 58.9 Å². The molecule has 3 N–H and O–H groups in total. The molecule has 2 rings (SSSR count). The first-order valence-corrected chi connectivity index (χ1v) is 8.63. The summed E-state index contributed by atoms with van der Waals surface area (Å²) in [5, 5.41) is 24.3. The van der Waals surface area contributed by atoms with Crippen LogP contribution in [0.2, 0.25) is 0 Å². The van der Waals surface area contributed by atoms with Crippen molar-refractivity contribution < 1.29 is 9.90 Å². The van der Waals surface area contributed by atoms with E-state index in [-0.39, 0.29) is 18.1 Å². The molecule has 8 heteroatoms. The van der Waals surface area contributed by atoms with Gasteiger partial charge in [0.25, 0.3) is 5.91 Å². The maximum Gasteiger partial charge on any atom is 0.263 e. The highest BCUT2D eigenvalue weighted by Crippen LogP contribution is 2.05. The van der Waals surface area contributed by atoms with Gasteiger partial charge in [-0.25, -0.2) is 0 Å². The van der Waals surface area contributed by atoms with Gasteiger partial charge in [0.15, 0.2) is 0 Å². The van der Waals surface area contributed by atoms with Crippen molar-refractivity contribution in [2.45, 2.75) is 0 Å². The summed E-state index contributed by atoms with van der Waals surface area (Å²) < 4.78 is 0. The van der Waals surface area contributed by atoms with Crippen molar-refractivity contribution in [2.75, 3.05) is 78.6 Å². The molecule has 0 saturated carbocycles. The van der Waals surface area contributed by atoms with Gasteiger partial charge < -0.3 is 20.6 Å². The van der Waals surface area contributed by atoms with Gasteiger partial charge in [0.1, 0.15) is 11.6 Å². The quantitative estimate of drug-likeness (QED) is 0.366. The van der Waals surface area contributed by atoms with E-state index in [2.05, 4.69) is 20.4 Å². The molecular formula is C16H28N6O2. The molecule has 8 nitrogen and oxygen atoms in total. The first-order chi connectivity index (χ1) is 11.7. The number of hydrogen-bond donors (Lipinski definition) is 3. The van der Waals surface area contributed by atoms with E-state index in [4.69, 9.17) is 5.11 Å². The number of carbonyl (C=O) groups is 1. The van der Waals surface area contributed by atoms with Gasteiger partial charge in [-0.05, 0) is 0 Å². The van der Waals surface area contributed by atoms with Gasteiger partial charge in [-0.3, -0.25) is 14.6 Å². The maximum absolute atomic E-state index is 12.2. The number of amides is 1. The summed E-state index contributed by atoms with van der Waals surface area (Å²) in [6.45, 7) is 9.36. The lowest BCUT2D eigenvalue weighted by Gasteiger charge is -2.33. The summed E-state index contributed by atoms with van der Waals surface area (Å²) in [5.74, 6) is -0.301. The van der Waals surface area contributed by atoms with Gasteiger partial charge in [-0.2, -0.15) is 5.26 Å². The molecule has 0 atom stereocenters. The van der Waals surface area contributed by atoms with Crippen LogP contribution in [0.4, 0.5) is 0 Å². The van der Waals surface area contributed by atoms with Gasteiger partial charge in [-0.15, -0.1) is 0 Å². The number of nitrogens with zero attached hydrogens (tertiary/aromatic N) is 4. The molecule has 0 bridgehead atoms. The molecular weight excluding hydrogens is 308 g/mol. The fraction of sp³-hybridized carbons (Fsp3) is 0.750. The van der Waals surface area contributed by atoms with Crippen molar-refractivity contribution >= 4 is 5.91 Å². The second-order valence-electron chi connectivity index (χ2n) is 6.10. The Labute approximate surface area is 143 Å². The van der Waals surface area contributed by atoms with E-state index in [1.807, 2.05) is 11.0 Å². The van der Waals surface area contributed by atoms with Crippen LogP contribution in [0.15, 0.2) is 11.8 Å². The summed E-state index contributed by atoms with van der Waals surface area (Å²) in [7, 11) is 0. The Morgan fingerprint density at radius 3 is 2.42 bits per heavy atom. The van der Waals surface area contributed by atoms with Crippen LogP contribution in [0.25, 0.3) is 0 Å². The Morgan fingerprint density at radius 2 is 1.79 bits per heavy atom. The smallest absolute Gasteiger partial charge is 0.263 e. The first kappa shape index (κ1) is 18.7. The van der Waals surface area contributed by atoms with Crippen LogP contribution in [-0.2, 0) is 4.79 Å². The summed E-state index contributed by atoms with van der Waals surface area (Å²) in [6.07, 6.45) is 1.66. The number of nitriles is 1. The van der Waals surface area contributed by atoms with E-state index in [9.17, 15) is 10.1 Å². The fourth-order valence-electron chi connectivity index (χ4n) is 2.94. The summed E-state index contributed by atoms with van der Waals surface area (Å²) in [4.78, 5) is 18.6. The molecule has 0 aromatic heterocycles. The minimum Gasteiger partial charge on any atom is -0.395 e. The van der Waals surface area contributed by atoms with Crippen LogP contribution in [0.5, 0.6) is 0 Å². The molecule has 134 valence electrons. The summed E-state index contributed by atoms with van der Waals surface area (Å²) >= 11 is 0. The number of β-amino-alcohol motifs (C(OH)–C–C–N with tert-alkyl or cyclic N) is 1. The van der Waals surface area contributed by atoms with Crippen LogP contribution >= 0.6 is 0 Å². The zero-order valence-corrected chi connectivity index (χ0v) is 14.2. The number of hydrogen-bond acceptors (Lipinski definition) is 7. The number of rotatable bonds is 7. The molecule has 0 spiro atoms. The van der Waals surface area contributed by atoms with Crippen molar-refractivity contribution in [1.82, 2.24) is 25.3 Å². The molecule has 2 heterocycles. The Kier molecular flexibility index (Phi) is 7.98. The molecule has 0 unspecified atom stereocenters. The number of aliphatic hydroxyl groups is 1. The number of nitrogens with one attached hydrogen (secondary N) is 2. The van der Waals surface area contributed by atoms with E-state index >= 15 is 0 Å². The van der Waals surface area contributed by atoms with Crippen molar-refractivity contribution in [3.05, 3.63) is 11.8 Å². The van der Waals surface area contributed by atoms with Crippen LogP contribution in [-0.4, -0.2) is 104 Å². The van der Waals surface area contributed by atoms with Crippen LogP contribution in [0, 0.1) is 11.3 Å². The van der Waals surface area contributed by atoms with Gasteiger partial charge in [-0.1, -0.05) is 0 Å². The SMILES string of the molecule is N#C/C(=C/N1CCN(CCO)CC1)C(=O)NCCN1CCNCC1. The maximum atomic E-state index is 12.2. The molecule has 0 aromatic carbocycles. The van der Waals surface area contributed by atoms with Gasteiger partial charge in [0.05, 0.1) is 6.61 Å². The second-order valence-corrected chi connectivity index (χ2v) is 6.10. The molecule has 2 fully saturated rings. The highest BCUT2D eigenvalue weighted by atomic mass is 16.3. The van der Waals surface area contributed by atoms with Gasteiger partial charge in [0, 0.05) is 78.2 Å². The predicted octanol–water partition coefficient (Wildman–Crippen LogP) is -1.97. The lowest BCUT2D eigenvalue weighted by molar-refractivity contribution is -0.117. The molecule has 2 aliphatic heterocycles. The first-order valence-electron chi connectivity index (χ1n) is 8.63. The van der Waals surface area contributed by atoms with E-state index in [0.29, 0.717) is 13.1 Å². The van der Waals surface area contributed by atoms with Gasteiger partial charge in [0.2, 0.25) is 0 Å². The number of aliphatic hydroxyl groups excluding tert-OH is 1. The topological polar surface area (TPSA) is 94.9 Å². The number of piperazine rings is 2. The highest BCUT2D eigenvalue weighted by molar-refractivity contribution is 5.97. The zero-order chi connectivity index (χ0) is 17.2. The van der Waals surface area contributed by atoms with Crippen LogP contribution in [0.3, 0.4) is 0 Å². The second kappa shape index (κ2) is 10.3. The lowest BCUT2D eigenvalue weighted by Crippen LogP contribution is -2.46. The molecule has 24 heavy (non-hydrogen) atoms. The highest BCUT2D eigenvalue weighted by Gasteiger charge is 2.17. The molecule has 0 radical (unpaired) electrons. The van der Waals surface area contributed by atoms with Crippen molar-refractivity contribution in [2.24, 2.45) is 0 Å². The molecule has 0 aliphatic carbocycles. The Morgan fingerprint density at radius 1 is 1.12 bits per heavy atom. The third-order valence-electron chi connectivity index (χ3n) is 4.42. The Bertz CT molecular complexity index is 462. The van der Waals surface area contributed by atoms with Crippen LogP contribution in [0.1, 0.15) is 0 Å². The molecule has 1 amide bonds. The Hall–Kier alpha value is -1.66. The normalized spacial score (nSPS) is 20.7. The minimum absolute atomic E-state index is 0.158. The largest absolute Gasteiger partial charge is 0.395 e. The average molecular weight is 336 g/mol. The van der Waals surface area contributed by atoms with E-state index in [1.54, 1.807) is 6.20 Å². The third kappa shape index (κ3) is 6.09. The zero-order valence-electron chi connectivity index (χ0n) is 14.2. The Balaban J connectivity index is 1.73. The molecule has 2 saturated heterocycles. The number of carbonyl (C=O) groups excluding carboxylic acids is 1. The fourth-order valence-corrected chi connectivity index (χ4v) is 2.94. The van der Waals surface area contributed by atoms with Gasteiger partial charge >= 0.3 is 0 Å². The average Bonchev–Trinajstić information content (AvgIpc) is 2.62. The minimum atomic E-state index is -0.301. The van der Waals surface area contributed by atoms with E-state index < -0.39 is 0 Å². The monoisotopic (exact) mass is 336 g/mol. The lowest BCUT2D eigenvalue weighted by atomic mass is 10.2. The van der Waals surface area contributed by atoms with Crippen LogP contribution < -0.4 is 10.6 Å². The third-order valence-corrected chi connectivity index (χ3v) is 4.42. The van der Waals surface area contributed by atoms with Crippen molar-refractivity contribution in [3.8, 4) is 6.07 Å². The van der Waals surface area contributed by atoms with E-state index in [1.165, 1.54) is 0 Å². The van der Waals surface area contributed by atoms with Crippen molar-refractivity contribution in [1.29, 1.82) is 5.26 Å². The molecule has 0 aromatic rings. The summed E-state index contributed by atoms with van der Waals surface area (Å²) in [6, 6.07) is 2.00. The standard InChI is InChI=1S/C16H28N6O2/c17-13-15(14-22-9-7-21(8-10-22)11-12-23)16(24)19-3-6-20-4-1-18-2-5-20/h14,18,23H,1-12H2,(H,19,24)/b15-14-. The molecule has 2 aliphatic rings. The summed E-state index contributed by atoms with van der Waals surface area (Å²) in [5.41, 5.74) is 0.158. The predicted molar refractivity (Wildman–Crippen MR) is 91.1 cm³/mol. The van der Waals surface area contributed by atoms with Crippen molar-refractivity contribution in [3.63, 3.8) is 0 Å².